The van der Waals surface area contributed by atoms with Crippen molar-refractivity contribution < 1.29 is 9.53 Å². The first-order chi connectivity index (χ1) is 19.2. The van der Waals surface area contributed by atoms with Crippen LogP contribution in [0, 0.1) is 0 Å². The fourth-order valence-corrected chi connectivity index (χ4v) is 6.16. The number of rotatable bonds is 3. The molecule has 0 fully saturated rings. The Bertz CT molecular complexity index is 1660. The van der Waals surface area contributed by atoms with E-state index in [4.69, 9.17) is 4.74 Å². The van der Waals surface area contributed by atoms with Crippen molar-refractivity contribution in [3.05, 3.63) is 140 Å². The molecule has 3 aliphatic rings. The molecule has 7 rings (SSSR count). The number of hydrogen-bond acceptors (Lipinski definition) is 4. The molecule has 194 valence electrons. The Balaban J connectivity index is 1.45. The van der Waals surface area contributed by atoms with Gasteiger partial charge >= 0.3 is 0 Å². The van der Waals surface area contributed by atoms with Crippen LogP contribution in [0.3, 0.4) is 0 Å². The summed E-state index contributed by atoms with van der Waals surface area (Å²) in [5.41, 5.74) is 7.23. The van der Waals surface area contributed by atoms with Gasteiger partial charge < -0.3 is 9.64 Å². The SMILES string of the molecule is O=C1c2c(OCc3ccccc3)c(=O)ccn2N2CN1CC/C=C\c1cccc3c1C2c1ccccc1CC3. The van der Waals surface area contributed by atoms with Gasteiger partial charge in [-0.2, -0.15) is 0 Å². The number of amides is 1. The van der Waals surface area contributed by atoms with Crippen molar-refractivity contribution in [3.8, 4) is 5.75 Å². The van der Waals surface area contributed by atoms with Gasteiger partial charge in [-0.1, -0.05) is 84.9 Å². The number of nitrogens with zero attached hydrogens (tertiary/aromatic N) is 3. The summed E-state index contributed by atoms with van der Waals surface area (Å²) in [6.45, 7) is 1.17. The van der Waals surface area contributed by atoms with E-state index in [9.17, 15) is 9.59 Å². The highest BCUT2D eigenvalue weighted by Gasteiger charge is 2.39. The molecule has 1 amide bonds. The smallest absolute Gasteiger partial charge is 0.277 e. The second-order valence-electron chi connectivity index (χ2n) is 10.3. The predicted octanol–water partition coefficient (Wildman–Crippen LogP) is 5.08. The fourth-order valence-electron chi connectivity index (χ4n) is 6.16. The van der Waals surface area contributed by atoms with Gasteiger partial charge in [0, 0.05) is 18.8 Å². The van der Waals surface area contributed by atoms with Crippen LogP contribution in [-0.2, 0) is 19.4 Å². The molecule has 0 spiro atoms. The summed E-state index contributed by atoms with van der Waals surface area (Å²) in [6.07, 6.45) is 8.72. The first-order valence-corrected chi connectivity index (χ1v) is 13.5. The molecule has 1 unspecified atom stereocenters. The Kier molecular flexibility index (Phi) is 5.81. The Morgan fingerprint density at radius 1 is 0.846 bits per heavy atom. The highest BCUT2D eigenvalue weighted by atomic mass is 16.5. The third-order valence-corrected chi connectivity index (χ3v) is 8.02. The quantitative estimate of drug-likeness (QED) is 0.382. The lowest BCUT2D eigenvalue weighted by molar-refractivity contribution is 0.0679. The molecule has 3 aromatic carbocycles. The van der Waals surface area contributed by atoms with Crippen LogP contribution < -0.4 is 15.2 Å². The van der Waals surface area contributed by atoms with E-state index in [0.29, 0.717) is 13.2 Å². The standard InChI is InChI=1S/C33H29N3O3/c37-28-18-20-35-31(32(28)39-21-23-9-2-1-3-10-23)33(38)34-19-7-6-12-25-13-8-14-26-17-16-24-11-4-5-15-27(24)30(29(25)26)36(35)22-34/h1-6,8-15,18,20,30H,7,16-17,19,21-22H2/b12-6-. The molecule has 6 heteroatoms. The summed E-state index contributed by atoms with van der Waals surface area (Å²) >= 11 is 0. The van der Waals surface area contributed by atoms with Gasteiger partial charge in [0.1, 0.15) is 13.3 Å². The zero-order chi connectivity index (χ0) is 26.3. The number of fused-ring (bicyclic) bond motifs is 7. The van der Waals surface area contributed by atoms with Gasteiger partial charge in [0.15, 0.2) is 11.4 Å². The van der Waals surface area contributed by atoms with E-state index >= 15 is 0 Å². The number of carbonyl (C=O) groups excluding carboxylic acids is 1. The number of pyridine rings is 1. The zero-order valence-corrected chi connectivity index (χ0v) is 21.6. The van der Waals surface area contributed by atoms with Crippen LogP contribution in [-0.4, -0.2) is 28.7 Å². The molecule has 2 bridgehead atoms. The van der Waals surface area contributed by atoms with Crippen molar-refractivity contribution >= 4 is 12.0 Å². The Labute approximate surface area is 227 Å². The minimum atomic E-state index is -0.290. The Hall–Kier alpha value is -4.58. The molecule has 6 nitrogen and oxygen atoms in total. The molecule has 4 aromatic rings. The van der Waals surface area contributed by atoms with Crippen molar-refractivity contribution in [1.29, 1.82) is 0 Å². The van der Waals surface area contributed by atoms with E-state index in [1.807, 2.05) is 39.9 Å². The zero-order valence-electron chi connectivity index (χ0n) is 21.6. The third kappa shape index (κ3) is 4.04. The van der Waals surface area contributed by atoms with Gasteiger partial charge in [0.05, 0.1) is 6.04 Å². The number of benzene rings is 3. The molecule has 0 radical (unpaired) electrons. The van der Waals surface area contributed by atoms with Crippen LogP contribution in [0.1, 0.15) is 56.3 Å². The second-order valence-corrected chi connectivity index (χ2v) is 10.3. The maximum Gasteiger partial charge on any atom is 0.277 e. The van der Waals surface area contributed by atoms with E-state index in [-0.39, 0.29) is 35.4 Å². The number of hydrogen-bond donors (Lipinski definition) is 0. The van der Waals surface area contributed by atoms with E-state index < -0.39 is 0 Å². The van der Waals surface area contributed by atoms with Gasteiger partial charge in [-0.3, -0.25) is 19.3 Å². The number of ether oxygens (including phenoxy) is 1. The van der Waals surface area contributed by atoms with E-state index in [1.165, 1.54) is 33.9 Å². The number of carbonyl (C=O) groups is 1. The monoisotopic (exact) mass is 515 g/mol. The van der Waals surface area contributed by atoms with Crippen LogP contribution in [0.25, 0.3) is 6.08 Å². The first kappa shape index (κ1) is 23.5. The maximum atomic E-state index is 13.9. The predicted molar refractivity (Wildman–Crippen MR) is 151 cm³/mol. The van der Waals surface area contributed by atoms with Crippen LogP contribution in [0.4, 0.5) is 0 Å². The summed E-state index contributed by atoms with van der Waals surface area (Å²) in [5, 5.41) is 2.23. The molecule has 2 aliphatic heterocycles. The van der Waals surface area contributed by atoms with E-state index in [1.54, 1.807) is 6.20 Å². The number of aromatic nitrogens is 1. The van der Waals surface area contributed by atoms with Crippen LogP contribution >= 0.6 is 0 Å². The van der Waals surface area contributed by atoms with E-state index in [2.05, 4.69) is 59.6 Å². The molecule has 39 heavy (non-hydrogen) atoms. The second kappa shape index (κ2) is 9.62. The number of aryl methyl sites for hydroxylation is 2. The largest absolute Gasteiger partial charge is 0.482 e. The average Bonchev–Trinajstić information content (AvgIpc) is 3.14. The van der Waals surface area contributed by atoms with Gasteiger partial charge in [-0.15, -0.1) is 0 Å². The molecular weight excluding hydrogens is 486 g/mol. The lowest BCUT2D eigenvalue weighted by atomic mass is 9.89. The highest BCUT2D eigenvalue weighted by Crippen LogP contribution is 2.40. The summed E-state index contributed by atoms with van der Waals surface area (Å²) < 4.78 is 8.01. The van der Waals surface area contributed by atoms with Gasteiger partial charge in [0.25, 0.3) is 5.91 Å². The van der Waals surface area contributed by atoms with Gasteiger partial charge in [-0.25, -0.2) is 0 Å². The molecule has 3 heterocycles. The normalized spacial score (nSPS) is 18.4. The minimum Gasteiger partial charge on any atom is -0.482 e. The summed E-state index contributed by atoms with van der Waals surface area (Å²) in [6, 6.07) is 26.3. The molecule has 1 aromatic heterocycles. The first-order valence-electron chi connectivity index (χ1n) is 13.5. The lowest BCUT2D eigenvalue weighted by Gasteiger charge is -2.45. The molecule has 0 N–H and O–H groups in total. The topological polar surface area (TPSA) is 54.8 Å². The summed E-state index contributed by atoms with van der Waals surface area (Å²) in [7, 11) is 0. The summed E-state index contributed by atoms with van der Waals surface area (Å²) in [4.78, 5) is 29.0. The van der Waals surface area contributed by atoms with Crippen molar-refractivity contribution in [2.24, 2.45) is 0 Å². The summed E-state index contributed by atoms with van der Waals surface area (Å²) in [5.74, 6) is -0.0829. The Morgan fingerprint density at radius 3 is 2.54 bits per heavy atom. The van der Waals surface area contributed by atoms with Crippen molar-refractivity contribution in [3.63, 3.8) is 0 Å². The van der Waals surface area contributed by atoms with Crippen LogP contribution in [0.5, 0.6) is 5.75 Å². The molecule has 1 atom stereocenters. The minimum absolute atomic E-state index is 0.101. The van der Waals surface area contributed by atoms with Crippen molar-refractivity contribution in [2.75, 3.05) is 18.2 Å². The van der Waals surface area contributed by atoms with Gasteiger partial charge in [0.2, 0.25) is 5.43 Å². The van der Waals surface area contributed by atoms with Crippen molar-refractivity contribution in [2.45, 2.75) is 31.9 Å². The lowest BCUT2D eigenvalue weighted by Crippen LogP contribution is -2.56. The fraction of sp³-hybridized carbons (Fsp3) is 0.212. The average molecular weight is 516 g/mol. The van der Waals surface area contributed by atoms with Gasteiger partial charge in [-0.05, 0) is 52.6 Å². The molecule has 0 saturated heterocycles. The van der Waals surface area contributed by atoms with E-state index in [0.717, 1.165) is 24.8 Å². The maximum absolute atomic E-state index is 13.9. The highest BCUT2D eigenvalue weighted by molar-refractivity contribution is 5.96. The van der Waals surface area contributed by atoms with Crippen molar-refractivity contribution in [1.82, 2.24) is 9.58 Å². The third-order valence-electron chi connectivity index (χ3n) is 8.02. The Morgan fingerprint density at radius 2 is 1.64 bits per heavy atom. The van der Waals surface area contributed by atoms with Crippen LogP contribution in [0.15, 0.2) is 95.9 Å². The molecule has 1 aliphatic carbocycles. The molecule has 0 saturated carbocycles. The van der Waals surface area contributed by atoms with Crippen LogP contribution in [0.2, 0.25) is 0 Å². The molecular formula is C33H29N3O3.